The molecule has 1 aromatic rings. The van der Waals surface area contributed by atoms with Crippen molar-refractivity contribution in [3.63, 3.8) is 0 Å². The molecule has 8 heteroatoms. The Bertz CT molecular complexity index is 642. The zero-order chi connectivity index (χ0) is 16.2. The second-order valence-electron chi connectivity index (χ2n) is 4.96. The number of rotatable bonds is 5. The highest BCUT2D eigenvalue weighted by Crippen LogP contribution is 2.27. The van der Waals surface area contributed by atoms with Crippen LogP contribution >= 0.6 is 11.6 Å². The number of carbonyl (C=O) groups is 1. The molecule has 1 heterocycles. The fourth-order valence-electron chi connectivity index (χ4n) is 2.14. The number of sulfonamides is 1. The number of ether oxygens (including phenoxy) is 1. The van der Waals surface area contributed by atoms with Crippen LogP contribution in [-0.2, 0) is 19.6 Å². The van der Waals surface area contributed by atoms with Crippen LogP contribution in [-0.4, -0.2) is 44.9 Å². The Balaban J connectivity index is 2.26. The number of halogens is 1. The largest absolute Gasteiger partial charge is 0.379 e. The molecule has 1 N–H and O–H groups in total. The molecule has 0 radical (unpaired) electrons. The van der Waals surface area contributed by atoms with Crippen LogP contribution in [0, 0.1) is 0 Å². The van der Waals surface area contributed by atoms with E-state index in [1.165, 1.54) is 22.5 Å². The van der Waals surface area contributed by atoms with E-state index in [4.69, 9.17) is 16.3 Å². The average molecular weight is 347 g/mol. The molecule has 122 valence electrons. The van der Waals surface area contributed by atoms with Gasteiger partial charge in [0.25, 0.3) is 0 Å². The fraction of sp³-hybridized carbons (Fsp3) is 0.500. The fourth-order valence-corrected chi connectivity index (χ4v) is 3.74. The minimum absolute atomic E-state index is 0.116. The zero-order valence-electron chi connectivity index (χ0n) is 12.3. The monoisotopic (exact) mass is 346 g/mol. The topological polar surface area (TPSA) is 75.7 Å². The van der Waals surface area contributed by atoms with E-state index in [1.807, 2.05) is 6.92 Å². The zero-order valence-corrected chi connectivity index (χ0v) is 13.9. The van der Waals surface area contributed by atoms with Gasteiger partial charge in [0.05, 0.1) is 28.8 Å². The Morgan fingerprint density at radius 3 is 2.68 bits per heavy atom. The Kier molecular flexibility index (Phi) is 5.80. The van der Waals surface area contributed by atoms with Gasteiger partial charge in [-0.15, -0.1) is 0 Å². The molecule has 22 heavy (non-hydrogen) atoms. The lowest BCUT2D eigenvalue weighted by Crippen LogP contribution is -2.40. The average Bonchev–Trinajstić information content (AvgIpc) is 2.50. The number of benzene rings is 1. The molecule has 2 rings (SSSR count). The lowest BCUT2D eigenvalue weighted by molar-refractivity contribution is -0.116. The highest BCUT2D eigenvalue weighted by atomic mass is 35.5. The molecule has 6 nitrogen and oxygen atoms in total. The van der Waals surface area contributed by atoms with Gasteiger partial charge >= 0.3 is 0 Å². The molecular formula is C14H19ClN2O4S. The van der Waals surface area contributed by atoms with Crippen molar-refractivity contribution in [2.75, 3.05) is 31.6 Å². The van der Waals surface area contributed by atoms with Crippen LogP contribution in [0.4, 0.5) is 5.69 Å². The summed E-state index contributed by atoms with van der Waals surface area (Å²) in [4.78, 5) is 11.8. The number of nitrogens with one attached hydrogen (secondary N) is 1. The van der Waals surface area contributed by atoms with E-state index in [0.717, 1.165) is 0 Å². The number of hydrogen-bond donors (Lipinski definition) is 1. The Morgan fingerprint density at radius 1 is 1.36 bits per heavy atom. The first-order valence-corrected chi connectivity index (χ1v) is 8.94. The molecule has 0 atom stereocenters. The van der Waals surface area contributed by atoms with Crippen LogP contribution in [0.25, 0.3) is 0 Å². The van der Waals surface area contributed by atoms with Crippen molar-refractivity contribution in [2.45, 2.75) is 24.7 Å². The second kappa shape index (κ2) is 7.41. The van der Waals surface area contributed by atoms with Crippen LogP contribution in [0.3, 0.4) is 0 Å². The van der Waals surface area contributed by atoms with Crippen molar-refractivity contribution in [1.29, 1.82) is 0 Å². The molecule has 0 bridgehead atoms. The van der Waals surface area contributed by atoms with Crippen molar-refractivity contribution in [2.24, 2.45) is 0 Å². The van der Waals surface area contributed by atoms with E-state index < -0.39 is 10.0 Å². The summed E-state index contributed by atoms with van der Waals surface area (Å²) in [6, 6.07) is 4.33. The van der Waals surface area contributed by atoms with E-state index in [-0.39, 0.29) is 10.8 Å². The Hall–Kier alpha value is -1.15. The van der Waals surface area contributed by atoms with Gasteiger partial charge in [-0.2, -0.15) is 4.31 Å². The number of carbonyl (C=O) groups excluding carboxylic acids is 1. The molecule has 1 fully saturated rings. The van der Waals surface area contributed by atoms with Crippen LogP contribution in [0.2, 0.25) is 5.02 Å². The number of amides is 1. The molecule has 0 aromatic heterocycles. The third-order valence-corrected chi connectivity index (χ3v) is 5.52. The molecule has 1 aliphatic heterocycles. The molecule has 1 aliphatic rings. The summed E-state index contributed by atoms with van der Waals surface area (Å²) >= 11 is 6.03. The summed E-state index contributed by atoms with van der Waals surface area (Å²) in [5.74, 6) is -0.190. The summed E-state index contributed by atoms with van der Waals surface area (Å²) in [7, 11) is -3.61. The van der Waals surface area contributed by atoms with Crippen molar-refractivity contribution >= 4 is 33.2 Å². The van der Waals surface area contributed by atoms with Crippen molar-refractivity contribution in [3.05, 3.63) is 23.2 Å². The molecular weight excluding hydrogens is 328 g/mol. The number of morpholine rings is 1. The number of anilines is 1. The minimum atomic E-state index is -3.61. The minimum Gasteiger partial charge on any atom is -0.379 e. The maximum Gasteiger partial charge on any atom is 0.243 e. The predicted octanol–water partition coefficient (Wildman–Crippen LogP) is 2.10. The summed E-state index contributed by atoms with van der Waals surface area (Å²) in [5, 5.41) is 2.96. The molecule has 0 aliphatic carbocycles. The van der Waals surface area contributed by atoms with Gasteiger partial charge in [-0.1, -0.05) is 18.5 Å². The molecule has 1 amide bonds. The van der Waals surface area contributed by atoms with Gasteiger partial charge < -0.3 is 10.1 Å². The van der Waals surface area contributed by atoms with Gasteiger partial charge in [-0.05, 0) is 24.6 Å². The maximum atomic E-state index is 12.6. The lowest BCUT2D eigenvalue weighted by Gasteiger charge is -2.26. The molecule has 0 spiro atoms. The van der Waals surface area contributed by atoms with Crippen molar-refractivity contribution in [1.82, 2.24) is 4.31 Å². The highest BCUT2D eigenvalue weighted by molar-refractivity contribution is 7.89. The number of nitrogens with zero attached hydrogens (tertiary/aromatic N) is 1. The van der Waals surface area contributed by atoms with Gasteiger partial charge in [0.2, 0.25) is 15.9 Å². The van der Waals surface area contributed by atoms with Gasteiger partial charge in [0.15, 0.2) is 0 Å². The Morgan fingerprint density at radius 2 is 2.05 bits per heavy atom. The summed E-state index contributed by atoms with van der Waals surface area (Å²) in [6.07, 6.45) is 1.06. The van der Waals surface area contributed by atoms with Crippen LogP contribution < -0.4 is 5.32 Å². The van der Waals surface area contributed by atoms with Gasteiger partial charge in [-0.3, -0.25) is 4.79 Å². The maximum absolute atomic E-state index is 12.6. The molecule has 1 saturated heterocycles. The third kappa shape index (κ3) is 3.98. The first-order valence-electron chi connectivity index (χ1n) is 7.12. The SMILES string of the molecule is CCCC(=O)Nc1cc(S(=O)(=O)N2CCOCC2)ccc1Cl. The predicted molar refractivity (Wildman–Crippen MR) is 84.6 cm³/mol. The second-order valence-corrected chi connectivity index (χ2v) is 7.30. The lowest BCUT2D eigenvalue weighted by atomic mass is 10.3. The van der Waals surface area contributed by atoms with E-state index in [0.29, 0.717) is 49.9 Å². The summed E-state index contributed by atoms with van der Waals surface area (Å²) < 4.78 is 31.7. The normalized spacial score (nSPS) is 16.5. The van der Waals surface area contributed by atoms with Gasteiger partial charge in [0, 0.05) is 19.5 Å². The first-order chi connectivity index (χ1) is 10.4. The molecule has 0 saturated carbocycles. The summed E-state index contributed by atoms with van der Waals surface area (Å²) in [5.41, 5.74) is 0.314. The number of hydrogen-bond acceptors (Lipinski definition) is 4. The first kappa shape index (κ1) is 17.2. The van der Waals surface area contributed by atoms with Gasteiger partial charge in [-0.25, -0.2) is 8.42 Å². The van der Waals surface area contributed by atoms with Crippen LogP contribution in [0.15, 0.2) is 23.1 Å². The van der Waals surface area contributed by atoms with Crippen molar-refractivity contribution in [3.8, 4) is 0 Å². The van der Waals surface area contributed by atoms with Crippen molar-refractivity contribution < 1.29 is 17.9 Å². The van der Waals surface area contributed by atoms with Crippen LogP contribution in [0.5, 0.6) is 0 Å². The van der Waals surface area contributed by atoms with Gasteiger partial charge in [0.1, 0.15) is 0 Å². The Labute approximate surface area is 135 Å². The smallest absolute Gasteiger partial charge is 0.243 e. The quantitative estimate of drug-likeness (QED) is 0.885. The summed E-state index contributed by atoms with van der Waals surface area (Å²) in [6.45, 7) is 3.30. The van der Waals surface area contributed by atoms with E-state index in [1.54, 1.807) is 0 Å². The van der Waals surface area contributed by atoms with E-state index >= 15 is 0 Å². The third-order valence-electron chi connectivity index (χ3n) is 3.30. The highest BCUT2D eigenvalue weighted by Gasteiger charge is 2.27. The van der Waals surface area contributed by atoms with Crippen LogP contribution in [0.1, 0.15) is 19.8 Å². The van der Waals surface area contributed by atoms with E-state index in [2.05, 4.69) is 5.32 Å². The standard InChI is InChI=1S/C14H19ClN2O4S/c1-2-3-14(18)16-13-10-11(4-5-12(13)15)22(19,20)17-6-8-21-9-7-17/h4-5,10H,2-3,6-9H2,1H3,(H,16,18). The molecule has 1 aromatic carbocycles. The van der Waals surface area contributed by atoms with E-state index in [9.17, 15) is 13.2 Å². The molecule has 0 unspecified atom stereocenters.